The molecule has 116 valence electrons. The van der Waals surface area contributed by atoms with Crippen LogP contribution in [0.4, 0.5) is 0 Å². The number of amides is 1. The highest BCUT2D eigenvalue weighted by Crippen LogP contribution is 2.24. The van der Waals surface area contributed by atoms with E-state index in [9.17, 15) is 14.7 Å². The van der Waals surface area contributed by atoms with Gasteiger partial charge in [0.1, 0.15) is 0 Å². The molecular formula is C15H16BrN3O3. The lowest BCUT2D eigenvalue weighted by atomic mass is 10.1. The van der Waals surface area contributed by atoms with Gasteiger partial charge in [-0.05, 0) is 25.5 Å². The Morgan fingerprint density at radius 1 is 1.32 bits per heavy atom. The molecule has 22 heavy (non-hydrogen) atoms. The number of aliphatic carboxylic acids is 1. The van der Waals surface area contributed by atoms with Gasteiger partial charge < -0.3 is 10.4 Å². The summed E-state index contributed by atoms with van der Waals surface area (Å²) in [6.07, 6.45) is 0. The van der Waals surface area contributed by atoms with Gasteiger partial charge in [0.2, 0.25) is 0 Å². The zero-order valence-corrected chi connectivity index (χ0v) is 14.0. The SMILES string of the molecule is Cc1nn(C)c(C)c1C(=O)NC(C(=O)O)c1ccccc1Br. The molecule has 2 N–H and O–H groups in total. The normalized spacial score (nSPS) is 12.0. The van der Waals surface area contributed by atoms with Crippen molar-refractivity contribution >= 4 is 27.8 Å². The van der Waals surface area contributed by atoms with Crippen molar-refractivity contribution < 1.29 is 14.7 Å². The molecule has 0 fully saturated rings. The summed E-state index contributed by atoms with van der Waals surface area (Å²) >= 11 is 3.31. The first-order valence-electron chi connectivity index (χ1n) is 6.61. The van der Waals surface area contributed by atoms with Crippen molar-refractivity contribution in [3.63, 3.8) is 0 Å². The second-order valence-corrected chi connectivity index (χ2v) is 5.79. The quantitative estimate of drug-likeness (QED) is 0.870. The Morgan fingerprint density at radius 2 is 1.95 bits per heavy atom. The molecule has 1 amide bonds. The van der Waals surface area contributed by atoms with Gasteiger partial charge in [-0.2, -0.15) is 5.10 Å². The van der Waals surface area contributed by atoms with Crippen LogP contribution < -0.4 is 5.32 Å². The third-order valence-electron chi connectivity index (χ3n) is 3.47. The van der Waals surface area contributed by atoms with Crippen LogP contribution in [0.25, 0.3) is 0 Å². The molecule has 1 atom stereocenters. The number of carbonyl (C=O) groups is 2. The van der Waals surface area contributed by atoms with Crippen molar-refractivity contribution in [1.29, 1.82) is 0 Å². The van der Waals surface area contributed by atoms with Crippen LogP contribution in [-0.4, -0.2) is 26.8 Å². The van der Waals surface area contributed by atoms with Crippen LogP contribution in [0, 0.1) is 13.8 Å². The molecule has 0 saturated heterocycles. The average molecular weight is 366 g/mol. The molecule has 0 saturated carbocycles. The van der Waals surface area contributed by atoms with Gasteiger partial charge in [0.25, 0.3) is 5.91 Å². The van der Waals surface area contributed by atoms with E-state index in [1.165, 1.54) is 0 Å². The standard InChI is InChI=1S/C15H16BrN3O3/c1-8-12(9(2)19(3)18-8)14(20)17-13(15(21)22)10-6-4-5-7-11(10)16/h4-7,13H,1-3H3,(H,17,20)(H,21,22). The molecule has 1 heterocycles. The van der Waals surface area contributed by atoms with Crippen molar-refractivity contribution in [3.05, 3.63) is 51.3 Å². The molecule has 0 aliphatic heterocycles. The van der Waals surface area contributed by atoms with E-state index >= 15 is 0 Å². The van der Waals surface area contributed by atoms with Crippen molar-refractivity contribution in [2.24, 2.45) is 7.05 Å². The van der Waals surface area contributed by atoms with Crippen LogP contribution in [-0.2, 0) is 11.8 Å². The number of carbonyl (C=O) groups excluding carboxylic acids is 1. The van der Waals surface area contributed by atoms with E-state index in [0.29, 0.717) is 27.0 Å². The Hall–Kier alpha value is -2.15. The van der Waals surface area contributed by atoms with Gasteiger partial charge in [-0.25, -0.2) is 4.79 Å². The number of carboxylic acids is 1. The summed E-state index contributed by atoms with van der Waals surface area (Å²) in [4.78, 5) is 24.0. The number of hydrogen-bond donors (Lipinski definition) is 2. The third kappa shape index (κ3) is 3.04. The summed E-state index contributed by atoms with van der Waals surface area (Å²) in [5, 5.41) is 16.2. The molecule has 2 rings (SSSR count). The first-order valence-corrected chi connectivity index (χ1v) is 7.40. The fraction of sp³-hybridized carbons (Fsp3) is 0.267. The second-order valence-electron chi connectivity index (χ2n) is 4.94. The van der Waals surface area contributed by atoms with E-state index in [0.717, 1.165) is 0 Å². The summed E-state index contributed by atoms with van der Waals surface area (Å²) in [5.74, 6) is -1.58. The highest BCUT2D eigenvalue weighted by atomic mass is 79.9. The number of aromatic nitrogens is 2. The van der Waals surface area contributed by atoms with E-state index in [1.807, 2.05) is 0 Å². The number of rotatable bonds is 4. The van der Waals surface area contributed by atoms with Crippen molar-refractivity contribution in [2.45, 2.75) is 19.9 Å². The molecule has 1 aromatic carbocycles. The van der Waals surface area contributed by atoms with Gasteiger partial charge in [0.15, 0.2) is 6.04 Å². The lowest BCUT2D eigenvalue weighted by Crippen LogP contribution is -2.34. The molecule has 6 nitrogen and oxygen atoms in total. The maximum Gasteiger partial charge on any atom is 0.330 e. The molecule has 1 aromatic heterocycles. The maximum atomic E-state index is 12.5. The van der Waals surface area contributed by atoms with Crippen LogP contribution in [0.3, 0.4) is 0 Å². The largest absolute Gasteiger partial charge is 0.479 e. The summed E-state index contributed by atoms with van der Waals surface area (Å²) in [6.45, 7) is 3.49. The highest BCUT2D eigenvalue weighted by Gasteiger charge is 2.27. The van der Waals surface area contributed by atoms with Crippen molar-refractivity contribution in [2.75, 3.05) is 0 Å². The molecule has 1 unspecified atom stereocenters. The zero-order valence-electron chi connectivity index (χ0n) is 12.4. The Kier molecular flexibility index (Phi) is 4.65. The third-order valence-corrected chi connectivity index (χ3v) is 4.20. The summed E-state index contributed by atoms with van der Waals surface area (Å²) in [6, 6.07) is 5.76. The number of benzene rings is 1. The van der Waals surface area contributed by atoms with E-state index in [1.54, 1.807) is 49.8 Å². The molecule has 0 radical (unpaired) electrons. The minimum absolute atomic E-state index is 0.404. The van der Waals surface area contributed by atoms with Crippen LogP contribution >= 0.6 is 15.9 Å². The smallest absolute Gasteiger partial charge is 0.330 e. The fourth-order valence-corrected chi connectivity index (χ4v) is 2.80. The predicted octanol–water partition coefficient (Wildman–Crippen LogP) is 2.36. The topological polar surface area (TPSA) is 84.2 Å². The van der Waals surface area contributed by atoms with E-state index in [2.05, 4.69) is 26.3 Å². The summed E-state index contributed by atoms with van der Waals surface area (Å²) in [5.41, 5.74) is 2.14. The number of nitrogens with one attached hydrogen (secondary N) is 1. The molecule has 0 bridgehead atoms. The van der Waals surface area contributed by atoms with Gasteiger partial charge in [-0.1, -0.05) is 34.1 Å². The predicted molar refractivity (Wildman–Crippen MR) is 84.7 cm³/mol. The van der Waals surface area contributed by atoms with E-state index in [-0.39, 0.29) is 0 Å². The van der Waals surface area contributed by atoms with Gasteiger partial charge in [0, 0.05) is 17.2 Å². The average Bonchev–Trinajstić information content (AvgIpc) is 2.70. The monoisotopic (exact) mass is 365 g/mol. The number of aryl methyl sites for hydroxylation is 2. The van der Waals surface area contributed by atoms with E-state index in [4.69, 9.17) is 0 Å². The summed E-state index contributed by atoms with van der Waals surface area (Å²) in [7, 11) is 1.74. The molecular weight excluding hydrogens is 350 g/mol. The van der Waals surface area contributed by atoms with Crippen LogP contribution in [0.15, 0.2) is 28.7 Å². The van der Waals surface area contributed by atoms with Crippen molar-refractivity contribution in [1.82, 2.24) is 15.1 Å². The Bertz CT molecular complexity index is 740. The molecule has 2 aromatic rings. The second kappa shape index (κ2) is 6.31. The van der Waals surface area contributed by atoms with Crippen LogP contribution in [0.5, 0.6) is 0 Å². The number of hydrogen-bond acceptors (Lipinski definition) is 3. The molecule has 0 aliphatic carbocycles. The Morgan fingerprint density at radius 3 is 2.45 bits per heavy atom. The number of carboxylic acid groups (broad SMARTS) is 1. The lowest BCUT2D eigenvalue weighted by molar-refractivity contribution is -0.139. The fourth-order valence-electron chi connectivity index (χ4n) is 2.29. The minimum atomic E-state index is -1.14. The number of halogens is 1. The first kappa shape index (κ1) is 16.2. The molecule has 0 spiro atoms. The van der Waals surface area contributed by atoms with Gasteiger partial charge in [-0.3, -0.25) is 9.48 Å². The van der Waals surface area contributed by atoms with Gasteiger partial charge in [0.05, 0.1) is 11.3 Å². The minimum Gasteiger partial charge on any atom is -0.479 e. The lowest BCUT2D eigenvalue weighted by Gasteiger charge is -2.16. The highest BCUT2D eigenvalue weighted by molar-refractivity contribution is 9.10. The maximum absolute atomic E-state index is 12.5. The van der Waals surface area contributed by atoms with Crippen LogP contribution in [0.1, 0.15) is 33.4 Å². The zero-order chi connectivity index (χ0) is 16.4. The Balaban J connectivity index is 2.35. The molecule has 7 heteroatoms. The Labute approximate surface area is 136 Å². The van der Waals surface area contributed by atoms with Gasteiger partial charge in [-0.15, -0.1) is 0 Å². The van der Waals surface area contributed by atoms with Crippen molar-refractivity contribution in [3.8, 4) is 0 Å². The van der Waals surface area contributed by atoms with Crippen LogP contribution in [0.2, 0.25) is 0 Å². The number of nitrogens with zero attached hydrogens (tertiary/aromatic N) is 2. The van der Waals surface area contributed by atoms with Gasteiger partial charge >= 0.3 is 5.97 Å². The summed E-state index contributed by atoms with van der Waals surface area (Å²) < 4.78 is 2.22. The first-order chi connectivity index (χ1) is 10.3. The molecule has 0 aliphatic rings. The van der Waals surface area contributed by atoms with E-state index < -0.39 is 17.9 Å².